The molecular formula is C24H26F2N2O6. The number of fused-ring (bicyclic) bond motifs is 3. The minimum atomic E-state index is -0.642. The Kier molecular flexibility index (Phi) is 7.40. The summed E-state index contributed by atoms with van der Waals surface area (Å²) in [4.78, 5) is 24.4. The predicted molar refractivity (Wildman–Crippen MR) is 117 cm³/mol. The third-order valence-corrected chi connectivity index (χ3v) is 5.96. The summed E-state index contributed by atoms with van der Waals surface area (Å²) in [6.45, 7) is -0.517. The average molecular weight is 476 g/mol. The topological polar surface area (TPSA) is 106 Å². The number of methoxy groups -OCH3 is 1. The Labute approximate surface area is 195 Å². The first kappa shape index (κ1) is 24.1. The van der Waals surface area contributed by atoms with Crippen LogP contribution in [-0.2, 0) is 25.6 Å². The zero-order valence-electron chi connectivity index (χ0n) is 18.6. The van der Waals surface area contributed by atoms with E-state index in [1.165, 1.54) is 7.11 Å². The monoisotopic (exact) mass is 476 g/mol. The molecule has 1 fully saturated rings. The first-order valence-electron chi connectivity index (χ1n) is 10.9. The van der Waals surface area contributed by atoms with Gasteiger partial charge < -0.3 is 30.0 Å². The average Bonchev–Trinajstić information content (AvgIpc) is 3.17. The Balaban J connectivity index is 1.42. The fraction of sp³-hybridized carbons (Fsp3) is 0.417. The molecule has 2 heterocycles. The van der Waals surface area contributed by atoms with Crippen LogP contribution in [0.25, 0.3) is 0 Å². The second-order valence-corrected chi connectivity index (χ2v) is 8.35. The van der Waals surface area contributed by atoms with E-state index >= 15 is 0 Å². The number of benzene rings is 2. The van der Waals surface area contributed by atoms with Crippen LogP contribution in [0.1, 0.15) is 29.9 Å². The van der Waals surface area contributed by atoms with Gasteiger partial charge in [-0.15, -0.1) is 0 Å². The van der Waals surface area contributed by atoms with Crippen LogP contribution >= 0.6 is 0 Å². The summed E-state index contributed by atoms with van der Waals surface area (Å²) in [6, 6.07) is 8.34. The van der Waals surface area contributed by atoms with Crippen LogP contribution in [0.5, 0.6) is 5.75 Å². The Morgan fingerprint density at radius 2 is 2.00 bits per heavy atom. The lowest BCUT2D eigenvalue weighted by Crippen LogP contribution is -2.47. The molecule has 34 heavy (non-hydrogen) atoms. The maximum Gasteiger partial charge on any atom is 0.250 e. The normalized spacial score (nSPS) is 22.9. The van der Waals surface area contributed by atoms with E-state index in [4.69, 9.17) is 14.2 Å². The van der Waals surface area contributed by atoms with Gasteiger partial charge in [-0.05, 0) is 42.8 Å². The van der Waals surface area contributed by atoms with Crippen LogP contribution in [-0.4, -0.2) is 55.6 Å². The summed E-state index contributed by atoms with van der Waals surface area (Å²) in [5.74, 6) is -1.39. The molecule has 0 aliphatic carbocycles. The third kappa shape index (κ3) is 5.35. The highest BCUT2D eigenvalue weighted by atomic mass is 19.1. The van der Waals surface area contributed by atoms with Gasteiger partial charge in [-0.1, -0.05) is 0 Å². The van der Waals surface area contributed by atoms with Crippen LogP contribution in [0.3, 0.4) is 0 Å². The molecular weight excluding hydrogens is 450 g/mol. The minimum absolute atomic E-state index is 0.0176. The van der Waals surface area contributed by atoms with Gasteiger partial charge in [0.15, 0.2) is 0 Å². The van der Waals surface area contributed by atoms with E-state index in [0.717, 1.165) is 23.8 Å². The van der Waals surface area contributed by atoms with Crippen molar-refractivity contribution < 1.29 is 37.7 Å². The van der Waals surface area contributed by atoms with Gasteiger partial charge in [0, 0.05) is 36.4 Å². The molecule has 4 rings (SSSR count). The van der Waals surface area contributed by atoms with Crippen molar-refractivity contribution in [2.45, 2.75) is 43.6 Å². The molecule has 0 aromatic heterocycles. The molecule has 2 aliphatic heterocycles. The molecule has 2 aliphatic rings. The summed E-state index contributed by atoms with van der Waals surface area (Å²) in [6.07, 6.45) is -1.15. The smallest absolute Gasteiger partial charge is 0.250 e. The Morgan fingerprint density at radius 3 is 2.76 bits per heavy atom. The summed E-state index contributed by atoms with van der Waals surface area (Å²) in [7, 11) is 1.43. The first-order chi connectivity index (χ1) is 16.4. The molecule has 8 nitrogen and oxygen atoms in total. The highest BCUT2D eigenvalue weighted by molar-refractivity contribution is 5.92. The van der Waals surface area contributed by atoms with Gasteiger partial charge in [0.2, 0.25) is 11.8 Å². The molecule has 10 heteroatoms. The molecule has 182 valence electrons. The van der Waals surface area contributed by atoms with Crippen molar-refractivity contribution in [1.29, 1.82) is 0 Å². The SMILES string of the molecule is COCC(=O)Nc1ccc2c(c1)[C@@H]1C[C@@H](CC(=O)NCc3cc(F)ccc3F)O[C@@H](CO)[C@@H]1O2. The van der Waals surface area contributed by atoms with Gasteiger partial charge >= 0.3 is 0 Å². The quantitative estimate of drug-likeness (QED) is 0.540. The van der Waals surface area contributed by atoms with Crippen LogP contribution in [0, 0.1) is 11.6 Å². The van der Waals surface area contributed by atoms with E-state index in [1.807, 2.05) is 6.07 Å². The highest BCUT2D eigenvalue weighted by Gasteiger charge is 2.46. The molecule has 0 radical (unpaired) electrons. The van der Waals surface area contributed by atoms with E-state index in [2.05, 4.69) is 10.6 Å². The number of aliphatic hydroxyl groups is 1. The Hall–Kier alpha value is -3.08. The Morgan fingerprint density at radius 1 is 1.18 bits per heavy atom. The van der Waals surface area contributed by atoms with Gasteiger partial charge in [0.05, 0.1) is 19.1 Å². The number of nitrogens with one attached hydrogen (secondary N) is 2. The number of aliphatic hydroxyl groups excluding tert-OH is 1. The van der Waals surface area contributed by atoms with Crippen molar-refractivity contribution in [3.05, 3.63) is 59.2 Å². The second-order valence-electron chi connectivity index (χ2n) is 8.35. The van der Waals surface area contributed by atoms with Crippen molar-refractivity contribution in [3.8, 4) is 5.75 Å². The van der Waals surface area contributed by atoms with E-state index in [-0.39, 0.29) is 49.5 Å². The zero-order chi connectivity index (χ0) is 24.2. The zero-order valence-corrected chi connectivity index (χ0v) is 18.6. The van der Waals surface area contributed by atoms with E-state index in [9.17, 15) is 23.5 Å². The second kappa shape index (κ2) is 10.5. The third-order valence-electron chi connectivity index (χ3n) is 5.96. The van der Waals surface area contributed by atoms with E-state index in [1.54, 1.807) is 12.1 Å². The molecule has 2 aromatic rings. The fourth-order valence-electron chi connectivity index (χ4n) is 4.45. The number of halogens is 2. The molecule has 0 unspecified atom stereocenters. The number of carbonyl (C=O) groups is 2. The van der Waals surface area contributed by atoms with Crippen molar-refractivity contribution in [2.24, 2.45) is 0 Å². The lowest BCUT2D eigenvalue weighted by molar-refractivity contribution is -0.142. The largest absolute Gasteiger partial charge is 0.487 e. The summed E-state index contributed by atoms with van der Waals surface area (Å²) in [5, 5.41) is 15.2. The number of amides is 2. The van der Waals surface area contributed by atoms with Gasteiger partial charge in [-0.2, -0.15) is 0 Å². The Bertz CT molecular complexity index is 1070. The molecule has 2 amide bonds. The highest BCUT2D eigenvalue weighted by Crippen LogP contribution is 2.47. The van der Waals surface area contributed by atoms with E-state index in [0.29, 0.717) is 17.9 Å². The predicted octanol–water partition coefficient (Wildman–Crippen LogP) is 2.25. The summed E-state index contributed by atoms with van der Waals surface area (Å²) < 4.78 is 43.9. The van der Waals surface area contributed by atoms with Crippen molar-refractivity contribution in [3.63, 3.8) is 0 Å². The molecule has 4 atom stereocenters. The molecule has 0 bridgehead atoms. The standard InChI is InChI=1S/C24H26F2N2O6/c1-32-12-23(31)28-15-3-5-20-17(7-15)18-8-16(33-21(11-29)24(18)34-20)9-22(30)27-10-13-6-14(25)2-4-19(13)26/h2-7,16,18,21,24,29H,8-12H2,1H3,(H,27,30)(H,28,31)/t16-,18-,21-,24+/m0/s1. The molecule has 1 saturated heterocycles. The van der Waals surface area contributed by atoms with Gasteiger partial charge in [0.25, 0.3) is 0 Å². The molecule has 0 spiro atoms. The molecule has 0 saturated carbocycles. The fourth-order valence-corrected chi connectivity index (χ4v) is 4.45. The van der Waals surface area contributed by atoms with Crippen LogP contribution in [0.2, 0.25) is 0 Å². The lowest BCUT2D eigenvalue weighted by atomic mass is 9.84. The lowest BCUT2D eigenvalue weighted by Gasteiger charge is -2.37. The maximum atomic E-state index is 13.8. The maximum absolute atomic E-state index is 13.8. The van der Waals surface area contributed by atoms with Gasteiger partial charge in [-0.25, -0.2) is 8.78 Å². The van der Waals surface area contributed by atoms with Crippen LogP contribution in [0.4, 0.5) is 14.5 Å². The van der Waals surface area contributed by atoms with Crippen LogP contribution in [0.15, 0.2) is 36.4 Å². The van der Waals surface area contributed by atoms with Gasteiger partial charge in [-0.3, -0.25) is 9.59 Å². The minimum Gasteiger partial charge on any atom is -0.487 e. The van der Waals surface area contributed by atoms with Crippen molar-refractivity contribution in [2.75, 3.05) is 25.6 Å². The number of rotatable bonds is 8. The van der Waals surface area contributed by atoms with Crippen LogP contribution < -0.4 is 15.4 Å². The number of carbonyl (C=O) groups excluding carboxylic acids is 2. The van der Waals surface area contributed by atoms with Gasteiger partial charge in [0.1, 0.15) is 36.2 Å². The van der Waals surface area contributed by atoms with Crippen molar-refractivity contribution in [1.82, 2.24) is 5.32 Å². The summed E-state index contributed by atoms with van der Waals surface area (Å²) in [5.41, 5.74) is 1.49. The number of hydrogen-bond acceptors (Lipinski definition) is 6. The number of hydrogen-bond donors (Lipinski definition) is 3. The number of ether oxygens (including phenoxy) is 3. The van der Waals surface area contributed by atoms with Crippen molar-refractivity contribution >= 4 is 17.5 Å². The van der Waals surface area contributed by atoms with E-state index < -0.39 is 29.9 Å². The first-order valence-corrected chi connectivity index (χ1v) is 10.9. The summed E-state index contributed by atoms with van der Waals surface area (Å²) >= 11 is 0. The number of anilines is 1. The molecule has 2 aromatic carbocycles. The molecule has 3 N–H and O–H groups in total.